The van der Waals surface area contributed by atoms with Crippen LogP contribution in [-0.4, -0.2) is 40.5 Å². The summed E-state index contributed by atoms with van der Waals surface area (Å²) in [5.74, 6) is 1.39. The van der Waals surface area contributed by atoms with Crippen molar-refractivity contribution in [2.45, 2.75) is 39.7 Å². The summed E-state index contributed by atoms with van der Waals surface area (Å²) in [7, 11) is 4.05. The summed E-state index contributed by atoms with van der Waals surface area (Å²) in [6, 6.07) is 1.99. The van der Waals surface area contributed by atoms with E-state index >= 15 is 0 Å². The summed E-state index contributed by atoms with van der Waals surface area (Å²) in [6.45, 7) is 8.75. The van der Waals surface area contributed by atoms with E-state index < -0.39 is 0 Å². The highest BCUT2D eigenvalue weighted by atomic mass is 127. The maximum atomic E-state index is 6.07. The summed E-state index contributed by atoms with van der Waals surface area (Å²) < 4.78 is 2.05. The fraction of sp³-hybridized carbons (Fsp3) is 0.556. The number of thiazole rings is 1. The summed E-state index contributed by atoms with van der Waals surface area (Å²) >= 11 is 7.81. The smallest absolute Gasteiger partial charge is 0.194 e. The van der Waals surface area contributed by atoms with E-state index in [4.69, 9.17) is 16.6 Å². The normalized spacial score (nSPS) is 11.6. The lowest BCUT2D eigenvalue weighted by Gasteiger charge is -2.22. The molecule has 1 N–H and O–H groups in total. The number of rotatable bonds is 7. The standard InChI is InChI=1S/C18H28ClN5S.HI/c1-6-20-18(24(5)11-16-9-14(19)10-23(16)4)21-8-7-15-12-25-17(22-15)13(2)3;/h9-10,12-13H,6-8,11H2,1-5H3,(H,20,21);1H. The molecular weight excluding hydrogens is 481 g/mol. The predicted molar refractivity (Wildman–Crippen MR) is 123 cm³/mol. The molecule has 0 atom stereocenters. The lowest BCUT2D eigenvalue weighted by molar-refractivity contribution is 0.462. The molecule has 0 saturated heterocycles. The van der Waals surface area contributed by atoms with Gasteiger partial charge in [0.25, 0.3) is 0 Å². The van der Waals surface area contributed by atoms with Crippen molar-refractivity contribution in [3.63, 3.8) is 0 Å². The fourth-order valence-corrected chi connectivity index (χ4v) is 3.63. The predicted octanol–water partition coefficient (Wildman–Crippen LogP) is 4.52. The maximum absolute atomic E-state index is 6.07. The minimum Gasteiger partial charge on any atom is -0.357 e. The average molecular weight is 510 g/mol. The third kappa shape index (κ3) is 6.74. The molecule has 0 fully saturated rings. The molecule has 26 heavy (non-hydrogen) atoms. The number of nitrogens with zero attached hydrogens (tertiary/aromatic N) is 4. The minimum absolute atomic E-state index is 0. The zero-order chi connectivity index (χ0) is 18.4. The van der Waals surface area contributed by atoms with Gasteiger partial charge in [0, 0.05) is 56.8 Å². The number of aryl methyl sites for hydroxylation is 1. The third-order valence-electron chi connectivity index (χ3n) is 3.86. The number of hydrogen-bond donors (Lipinski definition) is 1. The molecule has 0 spiro atoms. The van der Waals surface area contributed by atoms with Crippen molar-refractivity contribution >= 4 is 52.9 Å². The molecule has 0 radical (unpaired) electrons. The molecule has 2 heterocycles. The van der Waals surface area contributed by atoms with Crippen molar-refractivity contribution in [1.29, 1.82) is 0 Å². The molecule has 0 aliphatic rings. The van der Waals surface area contributed by atoms with E-state index in [0.29, 0.717) is 5.92 Å². The van der Waals surface area contributed by atoms with Gasteiger partial charge in [-0.05, 0) is 13.0 Å². The van der Waals surface area contributed by atoms with Gasteiger partial charge < -0.3 is 14.8 Å². The van der Waals surface area contributed by atoms with E-state index in [1.807, 2.05) is 30.9 Å². The van der Waals surface area contributed by atoms with Gasteiger partial charge in [0.05, 0.1) is 22.3 Å². The molecule has 0 aromatic carbocycles. The van der Waals surface area contributed by atoms with Crippen LogP contribution in [0.4, 0.5) is 0 Å². The van der Waals surface area contributed by atoms with Gasteiger partial charge in [0.1, 0.15) is 0 Å². The Hall–Kier alpha value is -0.800. The van der Waals surface area contributed by atoms with Gasteiger partial charge in [-0.2, -0.15) is 0 Å². The van der Waals surface area contributed by atoms with Crippen molar-refractivity contribution in [3.05, 3.63) is 39.1 Å². The number of hydrogen-bond acceptors (Lipinski definition) is 3. The Morgan fingerprint density at radius 1 is 1.46 bits per heavy atom. The maximum Gasteiger partial charge on any atom is 0.194 e. The lowest BCUT2D eigenvalue weighted by atomic mass is 10.2. The van der Waals surface area contributed by atoms with Crippen LogP contribution in [0.1, 0.15) is 43.1 Å². The molecule has 2 rings (SSSR count). The molecule has 0 saturated carbocycles. The Bertz CT molecular complexity index is 710. The average Bonchev–Trinajstić information content (AvgIpc) is 3.13. The van der Waals surface area contributed by atoms with Crippen LogP contribution < -0.4 is 5.32 Å². The van der Waals surface area contributed by atoms with Crippen LogP contribution in [-0.2, 0) is 20.0 Å². The number of aliphatic imine (C=N–C) groups is 1. The van der Waals surface area contributed by atoms with Crippen molar-refractivity contribution in [1.82, 2.24) is 19.8 Å². The lowest BCUT2D eigenvalue weighted by Crippen LogP contribution is -2.39. The highest BCUT2D eigenvalue weighted by Gasteiger charge is 2.10. The summed E-state index contributed by atoms with van der Waals surface area (Å²) in [6.07, 6.45) is 2.78. The van der Waals surface area contributed by atoms with Gasteiger partial charge >= 0.3 is 0 Å². The largest absolute Gasteiger partial charge is 0.357 e. The van der Waals surface area contributed by atoms with E-state index in [-0.39, 0.29) is 24.0 Å². The Morgan fingerprint density at radius 2 is 2.19 bits per heavy atom. The fourth-order valence-electron chi connectivity index (χ4n) is 2.49. The van der Waals surface area contributed by atoms with Crippen LogP contribution in [0.15, 0.2) is 22.6 Å². The topological polar surface area (TPSA) is 45.5 Å². The molecule has 2 aromatic heterocycles. The van der Waals surface area contributed by atoms with E-state index in [0.717, 1.165) is 48.4 Å². The first-order chi connectivity index (χ1) is 11.9. The van der Waals surface area contributed by atoms with Gasteiger partial charge in [-0.15, -0.1) is 35.3 Å². The van der Waals surface area contributed by atoms with Crippen LogP contribution >= 0.6 is 46.9 Å². The van der Waals surface area contributed by atoms with E-state index in [2.05, 4.69) is 41.4 Å². The van der Waals surface area contributed by atoms with E-state index in [1.54, 1.807) is 11.3 Å². The molecule has 0 bridgehead atoms. The zero-order valence-electron chi connectivity index (χ0n) is 16.1. The zero-order valence-corrected chi connectivity index (χ0v) is 20.0. The van der Waals surface area contributed by atoms with Gasteiger partial charge in [-0.1, -0.05) is 25.4 Å². The summed E-state index contributed by atoms with van der Waals surface area (Å²) in [5.41, 5.74) is 2.28. The summed E-state index contributed by atoms with van der Waals surface area (Å²) in [5, 5.41) is 7.46. The first-order valence-electron chi connectivity index (χ1n) is 8.65. The molecule has 5 nitrogen and oxygen atoms in total. The quantitative estimate of drug-likeness (QED) is 0.339. The second kappa shape index (κ2) is 11.1. The van der Waals surface area contributed by atoms with Crippen LogP contribution in [0.25, 0.3) is 0 Å². The highest BCUT2D eigenvalue weighted by molar-refractivity contribution is 14.0. The Labute approximate surface area is 182 Å². The molecule has 0 unspecified atom stereocenters. The number of halogens is 2. The Morgan fingerprint density at radius 3 is 2.73 bits per heavy atom. The van der Waals surface area contributed by atoms with Gasteiger partial charge in [0.2, 0.25) is 0 Å². The molecular formula is C18H29ClIN5S. The van der Waals surface area contributed by atoms with Gasteiger partial charge in [0.15, 0.2) is 5.96 Å². The monoisotopic (exact) mass is 509 g/mol. The first-order valence-corrected chi connectivity index (χ1v) is 9.91. The van der Waals surface area contributed by atoms with Crippen LogP contribution in [0.5, 0.6) is 0 Å². The Kier molecular flexibility index (Phi) is 9.95. The van der Waals surface area contributed by atoms with Crippen LogP contribution in [0.2, 0.25) is 5.02 Å². The first kappa shape index (κ1) is 23.2. The van der Waals surface area contributed by atoms with E-state index in [1.165, 1.54) is 5.01 Å². The molecule has 8 heteroatoms. The molecule has 146 valence electrons. The van der Waals surface area contributed by atoms with Crippen molar-refractivity contribution in [2.24, 2.45) is 12.0 Å². The molecule has 0 aliphatic carbocycles. The second-order valence-corrected chi connectivity index (χ2v) is 7.76. The SMILES string of the molecule is CCNC(=NCCc1csc(C(C)C)n1)N(C)Cc1cc(Cl)cn1C.I. The van der Waals surface area contributed by atoms with Crippen molar-refractivity contribution in [3.8, 4) is 0 Å². The highest BCUT2D eigenvalue weighted by Crippen LogP contribution is 2.19. The van der Waals surface area contributed by atoms with Crippen molar-refractivity contribution in [2.75, 3.05) is 20.1 Å². The van der Waals surface area contributed by atoms with Crippen molar-refractivity contribution < 1.29 is 0 Å². The third-order valence-corrected chi connectivity index (χ3v) is 5.26. The van der Waals surface area contributed by atoms with E-state index in [9.17, 15) is 0 Å². The molecule has 2 aromatic rings. The van der Waals surface area contributed by atoms with Crippen LogP contribution in [0.3, 0.4) is 0 Å². The van der Waals surface area contributed by atoms with Crippen LogP contribution in [0, 0.1) is 0 Å². The second-order valence-electron chi connectivity index (χ2n) is 6.43. The molecule has 0 aliphatic heterocycles. The summed E-state index contributed by atoms with van der Waals surface area (Å²) in [4.78, 5) is 11.5. The van der Waals surface area contributed by atoms with Gasteiger partial charge in [-0.25, -0.2) is 4.98 Å². The minimum atomic E-state index is 0. The number of aromatic nitrogens is 2. The van der Waals surface area contributed by atoms with Gasteiger partial charge in [-0.3, -0.25) is 4.99 Å². The number of guanidine groups is 1. The number of nitrogens with one attached hydrogen (secondary N) is 1. The molecule has 0 amide bonds. The Balaban J connectivity index is 0.00000338.